The lowest BCUT2D eigenvalue weighted by Gasteiger charge is -2.43. The standard InChI is InChI=1S/C21H30OSi/c1-6-18(2)17-22-23(21(3,4)5,19-13-9-7-10-14-19)20-15-11-8-12-16-20/h7-16,18H,6,17H2,1-5H3. The zero-order valence-electron chi connectivity index (χ0n) is 15.2. The van der Waals surface area contributed by atoms with Crippen LogP contribution >= 0.6 is 0 Å². The zero-order chi connectivity index (χ0) is 16.9. The fourth-order valence-corrected chi connectivity index (χ4v) is 7.84. The Balaban J connectivity index is 2.60. The Morgan fingerprint density at radius 3 is 1.65 bits per heavy atom. The smallest absolute Gasteiger partial charge is 0.261 e. The molecular formula is C21H30OSi. The summed E-state index contributed by atoms with van der Waals surface area (Å²) in [6.07, 6.45) is 1.15. The minimum atomic E-state index is -2.33. The molecule has 2 aromatic rings. The summed E-state index contributed by atoms with van der Waals surface area (Å²) >= 11 is 0. The van der Waals surface area contributed by atoms with Crippen LogP contribution in [0, 0.1) is 5.92 Å². The third-order valence-electron chi connectivity index (χ3n) is 4.70. The predicted molar refractivity (Wildman–Crippen MR) is 103 cm³/mol. The van der Waals surface area contributed by atoms with Crippen LogP contribution in [-0.4, -0.2) is 14.9 Å². The van der Waals surface area contributed by atoms with E-state index in [1.54, 1.807) is 0 Å². The lowest BCUT2D eigenvalue weighted by molar-refractivity contribution is 0.242. The van der Waals surface area contributed by atoms with Gasteiger partial charge in [-0.05, 0) is 21.3 Å². The van der Waals surface area contributed by atoms with Crippen LogP contribution in [0.15, 0.2) is 60.7 Å². The maximum atomic E-state index is 6.86. The zero-order valence-corrected chi connectivity index (χ0v) is 16.2. The van der Waals surface area contributed by atoms with E-state index in [0.29, 0.717) is 5.92 Å². The normalized spacial score (nSPS) is 13.8. The number of benzene rings is 2. The van der Waals surface area contributed by atoms with Crippen molar-refractivity contribution in [3.8, 4) is 0 Å². The third kappa shape index (κ3) is 3.76. The van der Waals surface area contributed by atoms with Gasteiger partial charge in [0.2, 0.25) is 0 Å². The van der Waals surface area contributed by atoms with E-state index in [9.17, 15) is 0 Å². The van der Waals surface area contributed by atoms with Crippen molar-refractivity contribution >= 4 is 18.7 Å². The van der Waals surface area contributed by atoms with Crippen molar-refractivity contribution in [2.75, 3.05) is 6.61 Å². The van der Waals surface area contributed by atoms with E-state index in [-0.39, 0.29) is 5.04 Å². The molecule has 1 atom stereocenters. The highest BCUT2D eigenvalue weighted by molar-refractivity contribution is 6.99. The second kappa shape index (κ2) is 7.46. The highest BCUT2D eigenvalue weighted by atomic mass is 28.4. The van der Waals surface area contributed by atoms with Crippen molar-refractivity contribution in [2.45, 2.75) is 46.1 Å². The first-order valence-electron chi connectivity index (χ1n) is 8.67. The summed E-state index contributed by atoms with van der Waals surface area (Å²) in [5, 5.41) is 2.80. The number of rotatable bonds is 6. The second-order valence-corrected chi connectivity index (χ2v) is 11.8. The van der Waals surface area contributed by atoms with Crippen molar-refractivity contribution in [3.05, 3.63) is 60.7 Å². The van der Waals surface area contributed by atoms with E-state index < -0.39 is 8.32 Å². The van der Waals surface area contributed by atoms with Crippen LogP contribution in [0.4, 0.5) is 0 Å². The lowest BCUT2D eigenvalue weighted by Crippen LogP contribution is -2.66. The Morgan fingerprint density at radius 1 is 0.870 bits per heavy atom. The van der Waals surface area contributed by atoms with Gasteiger partial charge in [-0.3, -0.25) is 0 Å². The molecule has 1 unspecified atom stereocenters. The molecule has 0 spiro atoms. The molecule has 0 heterocycles. The largest absolute Gasteiger partial charge is 0.407 e. The molecule has 0 aliphatic carbocycles. The Hall–Kier alpha value is -1.38. The molecule has 0 aliphatic heterocycles. The van der Waals surface area contributed by atoms with Crippen molar-refractivity contribution in [1.82, 2.24) is 0 Å². The van der Waals surface area contributed by atoms with Gasteiger partial charge in [-0.15, -0.1) is 0 Å². The van der Waals surface area contributed by atoms with Gasteiger partial charge in [0, 0.05) is 6.61 Å². The van der Waals surface area contributed by atoms with Gasteiger partial charge in [0.25, 0.3) is 8.32 Å². The fourth-order valence-electron chi connectivity index (χ4n) is 3.15. The summed E-state index contributed by atoms with van der Waals surface area (Å²) in [7, 11) is -2.33. The van der Waals surface area contributed by atoms with Gasteiger partial charge in [0.05, 0.1) is 0 Å². The molecule has 0 amide bonds. The fraction of sp³-hybridized carbons (Fsp3) is 0.429. The predicted octanol–water partition coefficient (Wildman–Crippen LogP) is 4.61. The molecule has 0 radical (unpaired) electrons. The number of hydrogen-bond acceptors (Lipinski definition) is 1. The monoisotopic (exact) mass is 326 g/mol. The second-order valence-electron chi connectivity index (χ2n) is 7.49. The Morgan fingerprint density at radius 2 is 1.30 bits per heavy atom. The van der Waals surface area contributed by atoms with Gasteiger partial charge < -0.3 is 4.43 Å². The summed E-state index contributed by atoms with van der Waals surface area (Å²) < 4.78 is 6.86. The van der Waals surface area contributed by atoms with Gasteiger partial charge in [0.1, 0.15) is 0 Å². The maximum absolute atomic E-state index is 6.86. The highest BCUT2D eigenvalue weighted by Crippen LogP contribution is 2.37. The molecule has 0 saturated heterocycles. The minimum absolute atomic E-state index is 0.0726. The molecule has 2 aromatic carbocycles. The average molecular weight is 327 g/mol. The van der Waals surface area contributed by atoms with Crippen LogP contribution < -0.4 is 10.4 Å². The van der Waals surface area contributed by atoms with Crippen LogP contribution in [0.2, 0.25) is 5.04 Å². The Bertz CT molecular complexity index is 547. The summed E-state index contributed by atoms with van der Waals surface area (Å²) in [5.74, 6) is 0.580. The summed E-state index contributed by atoms with van der Waals surface area (Å²) in [5.41, 5.74) is 0. The van der Waals surface area contributed by atoms with Crippen molar-refractivity contribution in [1.29, 1.82) is 0 Å². The molecular weight excluding hydrogens is 296 g/mol. The van der Waals surface area contributed by atoms with Crippen LogP contribution in [0.3, 0.4) is 0 Å². The van der Waals surface area contributed by atoms with Crippen molar-refractivity contribution in [3.63, 3.8) is 0 Å². The van der Waals surface area contributed by atoms with E-state index >= 15 is 0 Å². The molecule has 0 bridgehead atoms. The molecule has 0 saturated carbocycles. The van der Waals surface area contributed by atoms with Gasteiger partial charge >= 0.3 is 0 Å². The number of hydrogen-bond donors (Lipinski definition) is 0. The van der Waals surface area contributed by atoms with Crippen LogP contribution in [-0.2, 0) is 4.43 Å². The molecule has 0 aromatic heterocycles. The summed E-state index contributed by atoms with van der Waals surface area (Å²) in [4.78, 5) is 0. The highest BCUT2D eigenvalue weighted by Gasteiger charge is 2.50. The van der Waals surface area contributed by atoms with Crippen molar-refractivity contribution in [2.24, 2.45) is 5.92 Å². The van der Waals surface area contributed by atoms with E-state index in [1.165, 1.54) is 10.4 Å². The topological polar surface area (TPSA) is 9.23 Å². The molecule has 23 heavy (non-hydrogen) atoms. The van der Waals surface area contributed by atoms with Gasteiger partial charge in [-0.2, -0.15) is 0 Å². The van der Waals surface area contributed by atoms with Crippen LogP contribution in [0.25, 0.3) is 0 Å². The lowest BCUT2D eigenvalue weighted by atomic mass is 10.1. The average Bonchev–Trinajstić information content (AvgIpc) is 2.56. The quantitative estimate of drug-likeness (QED) is 0.704. The van der Waals surface area contributed by atoms with E-state index in [1.807, 2.05) is 0 Å². The molecule has 0 N–H and O–H groups in total. The third-order valence-corrected chi connectivity index (χ3v) is 9.70. The molecule has 0 aliphatic rings. The molecule has 2 rings (SSSR count). The molecule has 1 nitrogen and oxygen atoms in total. The van der Waals surface area contributed by atoms with Gasteiger partial charge in [0.15, 0.2) is 0 Å². The first-order chi connectivity index (χ1) is 10.9. The first kappa shape index (κ1) is 18.0. The SMILES string of the molecule is CCC(C)CO[Si](c1ccccc1)(c1ccccc1)C(C)(C)C. The first-order valence-corrected chi connectivity index (χ1v) is 10.6. The molecule has 124 valence electrons. The van der Waals surface area contributed by atoms with E-state index in [4.69, 9.17) is 4.43 Å². The van der Waals surface area contributed by atoms with Crippen molar-refractivity contribution < 1.29 is 4.43 Å². The Kier molecular flexibility index (Phi) is 5.82. The van der Waals surface area contributed by atoms with E-state index in [2.05, 4.69) is 95.3 Å². The van der Waals surface area contributed by atoms with Crippen LogP contribution in [0.1, 0.15) is 41.0 Å². The van der Waals surface area contributed by atoms with Crippen LogP contribution in [0.5, 0.6) is 0 Å². The van der Waals surface area contributed by atoms with Gasteiger partial charge in [-0.1, -0.05) is 102 Å². The maximum Gasteiger partial charge on any atom is 0.261 e. The van der Waals surface area contributed by atoms with E-state index in [0.717, 1.165) is 13.0 Å². The Labute approximate surface area is 142 Å². The summed E-state index contributed by atoms with van der Waals surface area (Å²) in [6, 6.07) is 21.7. The summed E-state index contributed by atoms with van der Waals surface area (Å²) in [6.45, 7) is 12.3. The molecule has 2 heteroatoms. The molecule has 0 fully saturated rings. The minimum Gasteiger partial charge on any atom is -0.407 e. The van der Waals surface area contributed by atoms with Gasteiger partial charge in [-0.25, -0.2) is 0 Å².